The molecule has 0 atom stereocenters. The Kier molecular flexibility index (Phi) is 2.83. The summed E-state index contributed by atoms with van der Waals surface area (Å²) in [4.78, 5) is 18.1. The van der Waals surface area contributed by atoms with Gasteiger partial charge in [-0.2, -0.15) is 0 Å². The number of carbonyl (C=O) groups is 1. The maximum absolute atomic E-state index is 12.2. The van der Waals surface area contributed by atoms with Gasteiger partial charge >= 0.3 is 0 Å². The molecule has 0 N–H and O–H groups in total. The Morgan fingerprint density at radius 2 is 2.22 bits per heavy atom. The van der Waals surface area contributed by atoms with E-state index in [1.807, 2.05) is 10.6 Å². The van der Waals surface area contributed by atoms with Crippen LogP contribution in [0.25, 0.3) is 0 Å². The van der Waals surface area contributed by atoms with Crippen LogP contribution in [0, 0.1) is 0 Å². The summed E-state index contributed by atoms with van der Waals surface area (Å²) in [6, 6.07) is 3.53. The van der Waals surface area contributed by atoms with Crippen LogP contribution in [0.3, 0.4) is 0 Å². The minimum absolute atomic E-state index is 0.0725. The average molecular weight is 308 g/mol. The van der Waals surface area contributed by atoms with Crippen LogP contribution in [0.4, 0.5) is 0 Å². The molecule has 18 heavy (non-hydrogen) atoms. The summed E-state index contributed by atoms with van der Waals surface area (Å²) < 4.78 is 2.82. The van der Waals surface area contributed by atoms with E-state index in [2.05, 4.69) is 31.1 Å². The third-order valence-electron chi connectivity index (χ3n) is 2.87. The van der Waals surface area contributed by atoms with Crippen LogP contribution in [-0.4, -0.2) is 37.1 Å². The van der Waals surface area contributed by atoms with Crippen LogP contribution in [0.15, 0.2) is 29.1 Å². The van der Waals surface area contributed by atoms with Crippen molar-refractivity contribution in [2.45, 2.75) is 13.1 Å². The second-order valence-corrected chi connectivity index (χ2v) is 4.94. The van der Waals surface area contributed by atoms with Crippen molar-refractivity contribution in [3.8, 4) is 0 Å². The average Bonchev–Trinajstić information content (AvgIpc) is 2.86. The van der Waals surface area contributed by atoms with Gasteiger partial charge in [-0.1, -0.05) is 0 Å². The molecular weight excluding hydrogens is 298 g/mol. The summed E-state index contributed by atoms with van der Waals surface area (Å²) in [5.41, 5.74) is 0.450. The Hall–Kier alpha value is -1.76. The number of pyridine rings is 1. The number of carbonyl (C=O) groups excluding carboxylic acids is 1. The van der Waals surface area contributed by atoms with Gasteiger partial charge in [0.1, 0.15) is 12.0 Å². The van der Waals surface area contributed by atoms with E-state index in [4.69, 9.17) is 0 Å². The van der Waals surface area contributed by atoms with Gasteiger partial charge in [0.05, 0.1) is 6.54 Å². The molecule has 0 bridgehead atoms. The lowest BCUT2D eigenvalue weighted by atomic mass is 10.3. The molecule has 1 aliphatic heterocycles. The number of hydrogen-bond donors (Lipinski definition) is 0. The number of rotatable bonds is 1. The molecule has 0 unspecified atom stereocenters. The zero-order valence-electron chi connectivity index (χ0n) is 9.45. The van der Waals surface area contributed by atoms with Crippen LogP contribution in [-0.2, 0) is 13.1 Å². The standard InChI is InChI=1S/C11H10BrN5O/c12-8-1-2-9(13-5-8)11(18)16-3-4-17-7-14-15-10(17)6-16/h1-2,5,7H,3-4,6H2. The zero-order valence-corrected chi connectivity index (χ0v) is 11.0. The molecule has 1 aliphatic rings. The lowest BCUT2D eigenvalue weighted by Crippen LogP contribution is -2.38. The van der Waals surface area contributed by atoms with E-state index in [9.17, 15) is 4.79 Å². The third kappa shape index (κ3) is 2.01. The molecule has 3 heterocycles. The minimum atomic E-state index is -0.0725. The van der Waals surface area contributed by atoms with Gasteiger partial charge in [-0.3, -0.25) is 4.79 Å². The Balaban J connectivity index is 1.80. The molecule has 0 fully saturated rings. The first-order valence-corrected chi connectivity index (χ1v) is 6.31. The van der Waals surface area contributed by atoms with E-state index >= 15 is 0 Å². The largest absolute Gasteiger partial charge is 0.328 e. The van der Waals surface area contributed by atoms with Gasteiger partial charge in [0.25, 0.3) is 5.91 Å². The van der Waals surface area contributed by atoms with Gasteiger partial charge in [-0.25, -0.2) is 4.98 Å². The van der Waals surface area contributed by atoms with Gasteiger partial charge in [0, 0.05) is 23.8 Å². The van der Waals surface area contributed by atoms with Gasteiger partial charge in [0.15, 0.2) is 5.82 Å². The van der Waals surface area contributed by atoms with Crippen LogP contribution in [0.1, 0.15) is 16.3 Å². The lowest BCUT2D eigenvalue weighted by molar-refractivity contribution is 0.0701. The van der Waals surface area contributed by atoms with Crippen LogP contribution < -0.4 is 0 Å². The molecule has 1 amide bonds. The lowest BCUT2D eigenvalue weighted by Gasteiger charge is -2.26. The Bertz CT molecular complexity index is 579. The first-order valence-electron chi connectivity index (χ1n) is 5.51. The topological polar surface area (TPSA) is 63.9 Å². The van der Waals surface area contributed by atoms with E-state index in [-0.39, 0.29) is 5.91 Å². The monoisotopic (exact) mass is 307 g/mol. The van der Waals surface area contributed by atoms with Crippen LogP contribution in [0.5, 0.6) is 0 Å². The maximum atomic E-state index is 12.2. The SMILES string of the molecule is O=C(c1ccc(Br)cn1)N1CCn2cnnc2C1. The second-order valence-electron chi connectivity index (χ2n) is 4.03. The van der Waals surface area contributed by atoms with E-state index in [1.54, 1.807) is 23.5 Å². The van der Waals surface area contributed by atoms with Crippen molar-refractivity contribution in [1.82, 2.24) is 24.6 Å². The predicted molar refractivity (Wildman–Crippen MR) is 66.7 cm³/mol. The maximum Gasteiger partial charge on any atom is 0.272 e. The molecule has 2 aromatic rings. The van der Waals surface area contributed by atoms with E-state index in [0.29, 0.717) is 18.8 Å². The molecule has 0 aromatic carbocycles. The van der Waals surface area contributed by atoms with Gasteiger partial charge < -0.3 is 9.47 Å². The summed E-state index contributed by atoms with van der Waals surface area (Å²) in [6.07, 6.45) is 3.31. The molecule has 2 aromatic heterocycles. The van der Waals surface area contributed by atoms with E-state index < -0.39 is 0 Å². The third-order valence-corrected chi connectivity index (χ3v) is 3.34. The summed E-state index contributed by atoms with van der Waals surface area (Å²) >= 11 is 3.30. The molecule has 0 radical (unpaired) electrons. The fraction of sp³-hybridized carbons (Fsp3) is 0.273. The van der Waals surface area contributed by atoms with Crippen molar-refractivity contribution < 1.29 is 4.79 Å². The molecule has 0 saturated carbocycles. The highest BCUT2D eigenvalue weighted by Crippen LogP contribution is 2.13. The number of amides is 1. The van der Waals surface area contributed by atoms with Crippen molar-refractivity contribution in [2.24, 2.45) is 0 Å². The number of nitrogens with zero attached hydrogens (tertiary/aromatic N) is 5. The molecule has 0 aliphatic carbocycles. The van der Waals surface area contributed by atoms with Crippen molar-refractivity contribution >= 4 is 21.8 Å². The summed E-state index contributed by atoms with van der Waals surface area (Å²) in [7, 11) is 0. The molecular formula is C11H10BrN5O. The molecule has 7 heteroatoms. The Morgan fingerprint density at radius 3 is 3.00 bits per heavy atom. The van der Waals surface area contributed by atoms with Crippen molar-refractivity contribution in [1.29, 1.82) is 0 Å². The van der Waals surface area contributed by atoms with Gasteiger partial charge in [-0.05, 0) is 28.1 Å². The van der Waals surface area contributed by atoms with Crippen molar-refractivity contribution in [3.63, 3.8) is 0 Å². The number of halogens is 1. The van der Waals surface area contributed by atoms with Gasteiger partial charge in [0.2, 0.25) is 0 Å². The summed E-state index contributed by atoms with van der Waals surface area (Å²) in [6.45, 7) is 1.86. The molecule has 0 spiro atoms. The van der Waals surface area contributed by atoms with Crippen LogP contribution >= 0.6 is 15.9 Å². The van der Waals surface area contributed by atoms with Crippen molar-refractivity contribution in [2.75, 3.05) is 6.54 Å². The minimum Gasteiger partial charge on any atom is -0.328 e. The number of hydrogen-bond acceptors (Lipinski definition) is 4. The predicted octanol–water partition coefficient (Wildman–Crippen LogP) is 1.09. The second kappa shape index (κ2) is 4.49. The number of fused-ring (bicyclic) bond motifs is 1. The van der Waals surface area contributed by atoms with Crippen LogP contribution in [0.2, 0.25) is 0 Å². The highest BCUT2D eigenvalue weighted by molar-refractivity contribution is 9.10. The van der Waals surface area contributed by atoms with E-state index in [1.165, 1.54) is 0 Å². The van der Waals surface area contributed by atoms with Crippen molar-refractivity contribution in [3.05, 3.63) is 40.6 Å². The highest BCUT2D eigenvalue weighted by atomic mass is 79.9. The van der Waals surface area contributed by atoms with E-state index in [0.717, 1.165) is 16.8 Å². The zero-order chi connectivity index (χ0) is 12.5. The number of aromatic nitrogens is 4. The normalized spacial score (nSPS) is 14.4. The first kappa shape index (κ1) is 11.3. The summed E-state index contributed by atoms with van der Waals surface area (Å²) in [5.74, 6) is 0.739. The molecule has 0 saturated heterocycles. The Labute approximate surface area is 112 Å². The molecule has 92 valence electrons. The summed E-state index contributed by atoms with van der Waals surface area (Å²) in [5, 5.41) is 7.82. The highest BCUT2D eigenvalue weighted by Gasteiger charge is 2.23. The first-order chi connectivity index (χ1) is 8.74. The Morgan fingerprint density at radius 1 is 1.33 bits per heavy atom. The van der Waals surface area contributed by atoms with Gasteiger partial charge in [-0.15, -0.1) is 10.2 Å². The quantitative estimate of drug-likeness (QED) is 0.791. The molecule has 6 nitrogen and oxygen atoms in total. The fourth-order valence-electron chi connectivity index (χ4n) is 1.90. The molecule has 3 rings (SSSR count). The fourth-order valence-corrected chi connectivity index (χ4v) is 2.14. The smallest absolute Gasteiger partial charge is 0.272 e.